The van der Waals surface area contributed by atoms with Gasteiger partial charge < -0.3 is 10.7 Å². The van der Waals surface area contributed by atoms with Gasteiger partial charge in [0, 0.05) is 17.8 Å². The van der Waals surface area contributed by atoms with Crippen LogP contribution in [0.3, 0.4) is 0 Å². The molecule has 116 valence electrons. The maximum atomic E-state index is 12.4. The first-order valence-corrected chi connectivity index (χ1v) is 7.82. The van der Waals surface area contributed by atoms with Crippen molar-refractivity contribution in [3.63, 3.8) is 0 Å². The quantitative estimate of drug-likeness (QED) is 0.556. The summed E-state index contributed by atoms with van der Waals surface area (Å²) < 4.78 is 0. The molecule has 1 aromatic heterocycles. The molecule has 1 saturated carbocycles. The summed E-state index contributed by atoms with van der Waals surface area (Å²) in [7, 11) is 0. The van der Waals surface area contributed by atoms with Crippen LogP contribution in [0.25, 0.3) is 0 Å². The lowest BCUT2D eigenvalue weighted by atomic mass is 9.89. The zero-order chi connectivity index (χ0) is 15.3. The second-order valence-electron chi connectivity index (χ2n) is 6.33. The highest BCUT2D eigenvalue weighted by atomic mass is 16.1. The van der Waals surface area contributed by atoms with Crippen molar-refractivity contribution in [2.45, 2.75) is 52.4 Å². The Morgan fingerprint density at radius 2 is 2.10 bits per heavy atom. The Morgan fingerprint density at radius 1 is 1.38 bits per heavy atom. The van der Waals surface area contributed by atoms with E-state index in [0.29, 0.717) is 11.4 Å². The Balaban J connectivity index is 2.05. The largest absolute Gasteiger partial charge is 0.351 e. The molecular formula is C16H26N4O. The lowest BCUT2D eigenvalue weighted by molar-refractivity contribution is 0.0934. The van der Waals surface area contributed by atoms with Crippen LogP contribution in [0, 0.1) is 5.41 Å². The van der Waals surface area contributed by atoms with E-state index in [0.717, 1.165) is 25.1 Å². The molecule has 0 bridgehead atoms. The lowest BCUT2D eigenvalue weighted by Crippen LogP contribution is -2.34. The highest BCUT2D eigenvalue weighted by Crippen LogP contribution is 2.36. The molecule has 0 saturated heterocycles. The van der Waals surface area contributed by atoms with E-state index in [1.165, 1.54) is 25.7 Å². The highest BCUT2D eigenvalue weighted by Gasteiger charge is 2.29. The Bertz CT molecular complexity index is 495. The van der Waals surface area contributed by atoms with Crippen LogP contribution < -0.4 is 16.6 Å². The number of carbonyl (C=O) groups is 1. The van der Waals surface area contributed by atoms with Crippen LogP contribution in [0.15, 0.2) is 12.1 Å². The first-order chi connectivity index (χ1) is 10.1. The number of amides is 1. The Kier molecular flexibility index (Phi) is 5.17. The van der Waals surface area contributed by atoms with E-state index < -0.39 is 0 Å². The summed E-state index contributed by atoms with van der Waals surface area (Å²) in [6, 6.07) is 3.56. The Hall–Kier alpha value is -1.62. The summed E-state index contributed by atoms with van der Waals surface area (Å²) in [4.78, 5) is 16.7. The fourth-order valence-corrected chi connectivity index (χ4v) is 2.98. The summed E-state index contributed by atoms with van der Waals surface area (Å²) in [5.41, 5.74) is 4.31. The molecule has 1 heterocycles. The summed E-state index contributed by atoms with van der Waals surface area (Å²) in [5, 5.41) is 3.07. The van der Waals surface area contributed by atoms with Gasteiger partial charge in [-0.25, -0.2) is 10.8 Å². The minimum atomic E-state index is -0.0422. The minimum absolute atomic E-state index is 0.0422. The van der Waals surface area contributed by atoms with Gasteiger partial charge in [0.1, 0.15) is 5.82 Å². The van der Waals surface area contributed by atoms with Gasteiger partial charge in [0.2, 0.25) is 0 Å². The number of rotatable bonds is 6. The third-order valence-corrected chi connectivity index (χ3v) is 4.28. The van der Waals surface area contributed by atoms with E-state index in [-0.39, 0.29) is 11.3 Å². The fraction of sp³-hybridized carbons (Fsp3) is 0.625. The number of nitrogens with one attached hydrogen (secondary N) is 2. The van der Waals surface area contributed by atoms with Crippen molar-refractivity contribution in [3.05, 3.63) is 23.4 Å². The van der Waals surface area contributed by atoms with Crippen LogP contribution in [-0.4, -0.2) is 17.4 Å². The van der Waals surface area contributed by atoms with Crippen LogP contribution in [0.1, 0.15) is 62.0 Å². The normalized spacial score (nSPS) is 16.7. The van der Waals surface area contributed by atoms with Gasteiger partial charge in [-0.3, -0.25) is 4.79 Å². The fourth-order valence-electron chi connectivity index (χ4n) is 2.98. The van der Waals surface area contributed by atoms with Crippen molar-refractivity contribution in [1.29, 1.82) is 0 Å². The number of nitrogens with two attached hydrogens (primary N) is 1. The standard InChI is InChI=1S/C16H26N4O/c1-3-6-13-9-12(10-14(19-13)20-17)15(21)18-11-16(2)7-4-5-8-16/h9-10H,3-8,11,17H2,1-2H3,(H,18,21)(H,19,20). The zero-order valence-corrected chi connectivity index (χ0v) is 13.0. The molecule has 0 aliphatic heterocycles. The molecule has 1 amide bonds. The zero-order valence-electron chi connectivity index (χ0n) is 13.0. The SMILES string of the molecule is CCCc1cc(C(=O)NCC2(C)CCCC2)cc(NN)n1. The van der Waals surface area contributed by atoms with E-state index in [9.17, 15) is 4.79 Å². The van der Waals surface area contributed by atoms with E-state index in [1.807, 2.05) is 6.07 Å². The number of hydrogen-bond acceptors (Lipinski definition) is 4. The van der Waals surface area contributed by atoms with Gasteiger partial charge in [-0.1, -0.05) is 33.1 Å². The number of pyridine rings is 1. The van der Waals surface area contributed by atoms with Crippen molar-refractivity contribution in [1.82, 2.24) is 10.3 Å². The van der Waals surface area contributed by atoms with Gasteiger partial charge in [0.25, 0.3) is 5.91 Å². The van der Waals surface area contributed by atoms with E-state index >= 15 is 0 Å². The summed E-state index contributed by atoms with van der Waals surface area (Å²) >= 11 is 0. The second kappa shape index (κ2) is 6.89. The molecule has 2 rings (SSSR count). The van der Waals surface area contributed by atoms with Crippen LogP contribution >= 0.6 is 0 Å². The molecule has 4 N–H and O–H groups in total. The maximum Gasteiger partial charge on any atom is 0.251 e. The van der Waals surface area contributed by atoms with Gasteiger partial charge >= 0.3 is 0 Å². The van der Waals surface area contributed by atoms with Gasteiger partial charge in [0.05, 0.1) is 0 Å². The van der Waals surface area contributed by atoms with Crippen LogP contribution in [0.4, 0.5) is 5.82 Å². The van der Waals surface area contributed by atoms with E-state index in [2.05, 4.69) is 29.6 Å². The topological polar surface area (TPSA) is 80.0 Å². The molecule has 1 aliphatic rings. The van der Waals surface area contributed by atoms with Gasteiger partial charge in [-0.2, -0.15) is 0 Å². The van der Waals surface area contributed by atoms with E-state index in [1.54, 1.807) is 6.07 Å². The molecule has 1 aromatic rings. The van der Waals surface area contributed by atoms with Crippen molar-refractivity contribution in [3.8, 4) is 0 Å². The molecule has 1 aliphatic carbocycles. The Labute approximate surface area is 126 Å². The third kappa shape index (κ3) is 4.17. The number of aromatic nitrogens is 1. The van der Waals surface area contributed by atoms with Crippen molar-refractivity contribution >= 4 is 11.7 Å². The number of nitrogens with zero attached hydrogens (tertiary/aromatic N) is 1. The monoisotopic (exact) mass is 290 g/mol. The van der Waals surface area contributed by atoms with Crippen molar-refractivity contribution in [2.24, 2.45) is 11.3 Å². The van der Waals surface area contributed by atoms with Crippen LogP contribution in [0.5, 0.6) is 0 Å². The molecule has 21 heavy (non-hydrogen) atoms. The van der Waals surface area contributed by atoms with Gasteiger partial charge in [-0.15, -0.1) is 0 Å². The first kappa shape index (κ1) is 15.8. The lowest BCUT2D eigenvalue weighted by Gasteiger charge is -2.23. The predicted molar refractivity (Wildman–Crippen MR) is 85.0 cm³/mol. The van der Waals surface area contributed by atoms with Crippen molar-refractivity contribution in [2.75, 3.05) is 12.0 Å². The highest BCUT2D eigenvalue weighted by molar-refractivity contribution is 5.95. The van der Waals surface area contributed by atoms with Gasteiger partial charge in [0.15, 0.2) is 0 Å². The molecule has 1 fully saturated rings. The predicted octanol–water partition coefficient (Wildman–Crippen LogP) is 2.63. The van der Waals surface area contributed by atoms with Crippen LogP contribution in [0.2, 0.25) is 0 Å². The summed E-state index contributed by atoms with van der Waals surface area (Å²) in [6.45, 7) is 5.08. The number of aryl methyl sites for hydroxylation is 1. The van der Waals surface area contributed by atoms with E-state index in [4.69, 9.17) is 5.84 Å². The number of anilines is 1. The smallest absolute Gasteiger partial charge is 0.251 e. The molecule has 0 atom stereocenters. The molecule has 0 spiro atoms. The van der Waals surface area contributed by atoms with Crippen LogP contribution in [-0.2, 0) is 6.42 Å². The molecule has 5 heteroatoms. The summed E-state index contributed by atoms with van der Waals surface area (Å²) in [6.07, 6.45) is 6.75. The first-order valence-electron chi connectivity index (χ1n) is 7.82. The summed E-state index contributed by atoms with van der Waals surface area (Å²) in [5.74, 6) is 5.93. The van der Waals surface area contributed by atoms with Gasteiger partial charge in [-0.05, 0) is 36.8 Å². The second-order valence-corrected chi connectivity index (χ2v) is 6.33. The number of nitrogen functional groups attached to an aromatic ring is 1. The minimum Gasteiger partial charge on any atom is -0.351 e. The Morgan fingerprint density at radius 3 is 2.71 bits per heavy atom. The number of hydrogen-bond donors (Lipinski definition) is 3. The third-order valence-electron chi connectivity index (χ3n) is 4.28. The average molecular weight is 290 g/mol. The molecular weight excluding hydrogens is 264 g/mol. The maximum absolute atomic E-state index is 12.4. The molecule has 5 nitrogen and oxygen atoms in total. The molecule has 0 aromatic carbocycles. The molecule has 0 unspecified atom stereocenters. The van der Waals surface area contributed by atoms with Crippen molar-refractivity contribution < 1.29 is 4.79 Å². The molecule has 0 radical (unpaired) electrons. The number of hydrazine groups is 1. The average Bonchev–Trinajstić information content (AvgIpc) is 2.92. The number of carbonyl (C=O) groups excluding carboxylic acids is 1.